The molecule has 2 N–H and O–H groups in total. The third kappa shape index (κ3) is 6.25. The van der Waals surface area contributed by atoms with E-state index in [0.717, 1.165) is 0 Å². The molecule has 9 nitrogen and oxygen atoms in total. The van der Waals surface area contributed by atoms with E-state index >= 15 is 0 Å². The van der Waals surface area contributed by atoms with Crippen LogP contribution < -0.4 is 10.6 Å². The lowest BCUT2D eigenvalue weighted by atomic mass is 9.94. The molecule has 1 saturated heterocycles. The van der Waals surface area contributed by atoms with Gasteiger partial charge >= 0.3 is 18.0 Å². The van der Waals surface area contributed by atoms with Crippen molar-refractivity contribution in [1.29, 1.82) is 0 Å². The summed E-state index contributed by atoms with van der Waals surface area (Å²) >= 11 is 12.4. The van der Waals surface area contributed by atoms with Gasteiger partial charge in [0, 0.05) is 50.5 Å². The summed E-state index contributed by atoms with van der Waals surface area (Å²) in [6.45, 7) is 12.1. The molecule has 0 radical (unpaired) electrons. The molecule has 198 valence electrons. The van der Waals surface area contributed by atoms with E-state index in [9.17, 15) is 14.4 Å². The maximum absolute atomic E-state index is 13.3. The highest BCUT2D eigenvalue weighted by Crippen LogP contribution is 2.35. The number of halogens is 2. The lowest BCUT2D eigenvalue weighted by molar-refractivity contribution is -0.139. The van der Waals surface area contributed by atoms with Crippen molar-refractivity contribution in [3.63, 3.8) is 0 Å². The lowest BCUT2D eigenvalue weighted by Gasteiger charge is -2.43. The predicted octanol–water partition coefficient (Wildman–Crippen LogP) is 4.02. The Morgan fingerprint density at radius 1 is 1.19 bits per heavy atom. The van der Waals surface area contributed by atoms with Crippen LogP contribution in [-0.2, 0) is 9.53 Å². The number of urea groups is 2. The van der Waals surface area contributed by atoms with Crippen molar-refractivity contribution in [3.8, 4) is 0 Å². The summed E-state index contributed by atoms with van der Waals surface area (Å²) in [6.07, 6.45) is 0. The Kier molecular flexibility index (Phi) is 9.49. The Hall–Kier alpha value is -2.49. The molecular weight excluding hydrogens is 505 g/mol. The number of benzene rings is 1. The van der Waals surface area contributed by atoms with Crippen molar-refractivity contribution in [2.24, 2.45) is 0 Å². The van der Waals surface area contributed by atoms with Gasteiger partial charge in [-0.05, 0) is 52.3 Å². The molecular formula is C25H35Cl2N5O4. The third-order valence-electron chi connectivity index (χ3n) is 6.28. The standard InChI is InChI=1S/C25H35Cl2N5O4/c1-6-31-20(14-30-10-11-32(16(5)13-30)24(34)28-15(3)4)21(23(33)36-7-2)22(29-25(31)35)17-8-9-18(26)19(27)12-17/h8-9,12,15-16,22H,6-7,10-11,13-14H2,1-5H3,(H,28,34)(H,29,35)/t16-,22-/m1/s1. The zero-order chi connectivity index (χ0) is 26.6. The second-order valence-electron chi connectivity index (χ2n) is 9.26. The van der Waals surface area contributed by atoms with Crippen LogP contribution in [0.2, 0.25) is 10.0 Å². The molecule has 36 heavy (non-hydrogen) atoms. The highest BCUT2D eigenvalue weighted by Gasteiger charge is 2.39. The van der Waals surface area contributed by atoms with Gasteiger partial charge in [0.15, 0.2) is 0 Å². The average molecular weight is 540 g/mol. The highest BCUT2D eigenvalue weighted by atomic mass is 35.5. The number of piperazine rings is 1. The summed E-state index contributed by atoms with van der Waals surface area (Å²) in [5, 5.41) is 6.59. The highest BCUT2D eigenvalue weighted by molar-refractivity contribution is 6.42. The van der Waals surface area contributed by atoms with E-state index in [4.69, 9.17) is 27.9 Å². The minimum Gasteiger partial charge on any atom is -0.463 e. The number of rotatable bonds is 7. The Morgan fingerprint density at radius 3 is 2.50 bits per heavy atom. The van der Waals surface area contributed by atoms with E-state index < -0.39 is 12.0 Å². The predicted molar refractivity (Wildman–Crippen MR) is 140 cm³/mol. The molecule has 0 bridgehead atoms. The molecule has 11 heteroatoms. The topological polar surface area (TPSA) is 94.2 Å². The molecule has 2 aliphatic rings. The summed E-state index contributed by atoms with van der Waals surface area (Å²) < 4.78 is 5.43. The number of likely N-dealkylation sites (N-methyl/N-ethyl adjacent to an activating group) is 1. The molecule has 0 spiro atoms. The van der Waals surface area contributed by atoms with Crippen LogP contribution in [0.1, 0.15) is 46.2 Å². The van der Waals surface area contributed by atoms with Crippen LogP contribution >= 0.6 is 23.2 Å². The Balaban J connectivity index is 1.96. The number of carbonyl (C=O) groups is 3. The van der Waals surface area contributed by atoms with Gasteiger partial charge in [0.1, 0.15) is 0 Å². The normalized spacial score (nSPS) is 21.1. The molecule has 1 aromatic carbocycles. The number of nitrogens with one attached hydrogen (secondary N) is 2. The molecule has 3 rings (SSSR count). The average Bonchev–Trinajstić information content (AvgIpc) is 2.80. The van der Waals surface area contributed by atoms with E-state index in [-0.39, 0.29) is 30.8 Å². The first-order valence-electron chi connectivity index (χ1n) is 12.3. The van der Waals surface area contributed by atoms with Crippen molar-refractivity contribution >= 4 is 41.2 Å². The van der Waals surface area contributed by atoms with Crippen molar-refractivity contribution in [2.45, 2.75) is 52.7 Å². The summed E-state index contributed by atoms with van der Waals surface area (Å²) in [6, 6.07) is 3.92. The largest absolute Gasteiger partial charge is 0.463 e. The fourth-order valence-electron chi connectivity index (χ4n) is 4.62. The van der Waals surface area contributed by atoms with Crippen LogP contribution in [0.4, 0.5) is 9.59 Å². The summed E-state index contributed by atoms with van der Waals surface area (Å²) in [4.78, 5) is 44.5. The van der Waals surface area contributed by atoms with E-state index in [1.54, 1.807) is 30.0 Å². The van der Waals surface area contributed by atoms with Gasteiger partial charge in [-0.25, -0.2) is 14.4 Å². The zero-order valence-corrected chi connectivity index (χ0v) is 22.9. The van der Waals surface area contributed by atoms with Crippen LogP contribution in [0.3, 0.4) is 0 Å². The van der Waals surface area contributed by atoms with Crippen molar-refractivity contribution < 1.29 is 19.1 Å². The fourth-order valence-corrected chi connectivity index (χ4v) is 4.93. The molecule has 2 atom stereocenters. The van der Waals surface area contributed by atoms with Crippen LogP contribution in [0.15, 0.2) is 29.5 Å². The van der Waals surface area contributed by atoms with Gasteiger partial charge in [0.2, 0.25) is 0 Å². The van der Waals surface area contributed by atoms with Gasteiger partial charge in [-0.2, -0.15) is 0 Å². The number of hydrogen-bond donors (Lipinski definition) is 2. The first-order chi connectivity index (χ1) is 17.1. The first kappa shape index (κ1) is 28.1. The Bertz CT molecular complexity index is 1030. The molecule has 0 aromatic heterocycles. The van der Waals surface area contributed by atoms with Crippen molar-refractivity contribution in [1.82, 2.24) is 25.3 Å². The summed E-state index contributed by atoms with van der Waals surface area (Å²) in [5.41, 5.74) is 1.59. The van der Waals surface area contributed by atoms with Gasteiger partial charge < -0.3 is 20.3 Å². The number of esters is 1. The fraction of sp³-hybridized carbons (Fsp3) is 0.560. The lowest BCUT2D eigenvalue weighted by Crippen LogP contribution is -2.58. The van der Waals surface area contributed by atoms with Gasteiger partial charge in [-0.15, -0.1) is 0 Å². The molecule has 0 unspecified atom stereocenters. The Morgan fingerprint density at radius 2 is 1.92 bits per heavy atom. The van der Waals surface area contributed by atoms with Gasteiger partial charge in [-0.1, -0.05) is 29.3 Å². The zero-order valence-electron chi connectivity index (χ0n) is 21.4. The van der Waals surface area contributed by atoms with Crippen LogP contribution in [0.25, 0.3) is 0 Å². The number of carbonyl (C=O) groups excluding carboxylic acids is 3. The van der Waals surface area contributed by atoms with Crippen LogP contribution in [0, 0.1) is 0 Å². The van der Waals surface area contributed by atoms with E-state index in [1.165, 1.54) is 0 Å². The van der Waals surface area contributed by atoms with E-state index in [0.29, 0.717) is 59.6 Å². The molecule has 4 amide bonds. The minimum atomic E-state index is -0.736. The maximum Gasteiger partial charge on any atom is 0.338 e. The second kappa shape index (κ2) is 12.2. The maximum atomic E-state index is 13.3. The number of ether oxygens (including phenoxy) is 1. The SMILES string of the molecule is CCOC(=O)C1=C(CN2CCN(C(=O)NC(C)C)[C@H](C)C2)N(CC)C(=O)N[C@@H]1c1ccc(Cl)c(Cl)c1. The van der Waals surface area contributed by atoms with Gasteiger partial charge in [0.05, 0.1) is 28.3 Å². The van der Waals surface area contributed by atoms with Crippen LogP contribution in [0.5, 0.6) is 0 Å². The third-order valence-corrected chi connectivity index (χ3v) is 7.02. The smallest absolute Gasteiger partial charge is 0.338 e. The van der Waals surface area contributed by atoms with Gasteiger partial charge in [-0.3, -0.25) is 9.80 Å². The first-order valence-corrected chi connectivity index (χ1v) is 13.1. The Labute approximate surface area is 222 Å². The molecule has 2 heterocycles. The minimum absolute atomic E-state index is 0.0393. The molecule has 2 aliphatic heterocycles. The van der Waals surface area contributed by atoms with Crippen molar-refractivity contribution in [2.75, 3.05) is 39.3 Å². The summed E-state index contributed by atoms with van der Waals surface area (Å²) in [7, 11) is 0. The van der Waals surface area contributed by atoms with Crippen LogP contribution in [-0.4, -0.2) is 84.1 Å². The monoisotopic (exact) mass is 539 g/mol. The molecule has 1 aromatic rings. The van der Waals surface area contributed by atoms with E-state index in [1.807, 2.05) is 32.6 Å². The van der Waals surface area contributed by atoms with E-state index in [2.05, 4.69) is 15.5 Å². The quantitative estimate of drug-likeness (QED) is 0.510. The van der Waals surface area contributed by atoms with Crippen molar-refractivity contribution in [3.05, 3.63) is 45.1 Å². The van der Waals surface area contributed by atoms with Gasteiger partial charge in [0.25, 0.3) is 0 Å². The second-order valence-corrected chi connectivity index (χ2v) is 10.1. The molecule has 0 saturated carbocycles. The number of nitrogens with zero attached hydrogens (tertiary/aromatic N) is 3. The summed E-state index contributed by atoms with van der Waals surface area (Å²) in [5.74, 6) is -0.495. The number of amides is 4. The molecule has 1 fully saturated rings. The number of hydrogen-bond acceptors (Lipinski definition) is 5. The molecule has 0 aliphatic carbocycles.